The van der Waals surface area contributed by atoms with E-state index in [4.69, 9.17) is 0 Å². The predicted molar refractivity (Wildman–Crippen MR) is 129 cm³/mol. The number of rotatable bonds is 7. The van der Waals surface area contributed by atoms with Crippen LogP contribution in [0.3, 0.4) is 0 Å². The van der Waals surface area contributed by atoms with Crippen LogP contribution in [0.4, 0.5) is 5.69 Å². The Bertz CT molecular complexity index is 721. The maximum atomic E-state index is 12.8. The number of carbonyl (C=O) groups is 1. The second kappa shape index (κ2) is 10.8. The van der Waals surface area contributed by atoms with Crippen molar-refractivity contribution in [3.05, 3.63) is 30.3 Å². The molecule has 7 nitrogen and oxygen atoms in total. The molecule has 1 saturated heterocycles. The Morgan fingerprint density at radius 3 is 2.32 bits per heavy atom. The van der Waals surface area contributed by atoms with Gasteiger partial charge in [0.1, 0.15) is 0 Å². The van der Waals surface area contributed by atoms with E-state index in [0.717, 1.165) is 64.4 Å². The summed E-state index contributed by atoms with van der Waals surface area (Å²) in [5.74, 6) is 1.02. The Hall–Kier alpha value is -2.28. The van der Waals surface area contributed by atoms with E-state index in [1.807, 2.05) is 14.1 Å². The van der Waals surface area contributed by atoms with Crippen molar-refractivity contribution < 1.29 is 4.79 Å². The van der Waals surface area contributed by atoms with Crippen LogP contribution in [0.1, 0.15) is 32.6 Å². The summed E-state index contributed by atoms with van der Waals surface area (Å²) in [4.78, 5) is 23.9. The van der Waals surface area contributed by atoms with Crippen LogP contribution in [0.5, 0.6) is 0 Å². The van der Waals surface area contributed by atoms with Crippen LogP contribution in [-0.4, -0.2) is 88.1 Å². The molecule has 1 saturated carbocycles. The van der Waals surface area contributed by atoms with Gasteiger partial charge in [0, 0.05) is 72.1 Å². The van der Waals surface area contributed by atoms with Gasteiger partial charge in [-0.25, -0.2) is 0 Å². The number of anilines is 1. The zero-order valence-electron chi connectivity index (χ0n) is 19.7. The molecule has 1 aliphatic heterocycles. The molecule has 0 radical (unpaired) electrons. The molecule has 1 aromatic carbocycles. The molecule has 31 heavy (non-hydrogen) atoms. The van der Waals surface area contributed by atoms with E-state index >= 15 is 0 Å². The lowest BCUT2D eigenvalue weighted by molar-refractivity contribution is -0.138. The van der Waals surface area contributed by atoms with Crippen LogP contribution < -0.4 is 15.5 Å². The molecule has 2 fully saturated rings. The minimum atomic E-state index is -0.291. The number of hydrogen-bond donors (Lipinski definition) is 2. The lowest BCUT2D eigenvalue weighted by atomic mass is 9.84. The number of nitrogens with zero attached hydrogens (tertiary/aromatic N) is 4. The standard InChI is InChI=1S/C24H40N6O/c1-20(29-14-16-30(17-15-29)21-10-6-5-7-11-21)18-26-23(25-2)27-19-24(12-8-9-13-24)22(31)28(3)4/h5-7,10-11,20H,8-9,12-19H2,1-4H3,(H2,25,26,27). The molecule has 7 heteroatoms. The van der Waals surface area contributed by atoms with E-state index in [9.17, 15) is 4.79 Å². The number of guanidine groups is 1. The quantitative estimate of drug-likeness (QED) is 0.514. The first-order valence-corrected chi connectivity index (χ1v) is 11.7. The third-order valence-corrected chi connectivity index (χ3v) is 6.86. The van der Waals surface area contributed by atoms with Crippen molar-refractivity contribution in [1.82, 2.24) is 20.4 Å². The van der Waals surface area contributed by atoms with Crippen LogP contribution in [0, 0.1) is 5.41 Å². The fourth-order valence-corrected chi connectivity index (χ4v) is 4.90. The topological polar surface area (TPSA) is 63.2 Å². The highest BCUT2D eigenvalue weighted by atomic mass is 16.2. The fraction of sp³-hybridized carbons (Fsp3) is 0.667. The zero-order chi connectivity index (χ0) is 22.3. The molecular formula is C24H40N6O. The minimum absolute atomic E-state index is 0.234. The van der Waals surface area contributed by atoms with Crippen LogP contribution in [0.25, 0.3) is 0 Å². The van der Waals surface area contributed by atoms with Crippen molar-refractivity contribution in [2.24, 2.45) is 10.4 Å². The monoisotopic (exact) mass is 428 g/mol. The first-order chi connectivity index (χ1) is 14.9. The number of amides is 1. The average molecular weight is 429 g/mol. The number of hydrogen-bond acceptors (Lipinski definition) is 4. The van der Waals surface area contributed by atoms with Gasteiger partial charge in [0.2, 0.25) is 5.91 Å². The van der Waals surface area contributed by atoms with Crippen molar-refractivity contribution >= 4 is 17.6 Å². The highest BCUT2D eigenvalue weighted by molar-refractivity contribution is 5.85. The normalized spacial score (nSPS) is 20.4. The number of nitrogens with one attached hydrogen (secondary N) is 2. The molecule has 2 aliphatic rings. The van der Waals surface area contributed by atoms with E-state index in [2.05, 4.69) is 62.7 Å². The van der Waals surface area contributed by atoms with Gasteiger partial charge in [-0.1, -0.05) is 31.0 Å². The van der Waals surface area contributed by atoms with Crippen LogP contribution in [0.15, 0.2) is 35.3 Å². The summed E-state index contributed by atoms with van der Waals surface area (Å²) >= 11 is 0. The third kappa shape index (κ3) is 5.91. The Kier molecular flexibility index (Phi) is 8.18. The second-order valence-corrected chi connectivity index (χ2v) is 9.20. The maximum absolute atomic E-state index is 12.8. The highest BCUT2D eigenvalue weighted by Gasteiger charge is 2.42. The molecule has 2 N–H and O–H groups in total. The summed E-state index contributed by atoms with van der Waals surface area (Å²) in [6.07, 6.45) is 4.16. The molecule has 1 atom stereocenters. The van der Waals surface area contributed by atoms with Gasteiger partial charge in [0.15, 0.2) is 5.96 Å². The van der Waals surface area contributed by atoms with Crippen LogP contribution in [-0.2, 0) is 4.79 Å². The van der Waals surface area contributed by atoms with Gasteiger partial charge in [0.05, 0.1) is 5.41 Å². The first kappa shape index (κ1) is 23.4. The Balaban J connectivity index is 1.44. The molecule has 1 heterocycles. The molecule has 0 bridgehead atoms. The number of aliphatic imine (C=N–C) groups is 1. The molecule has 3 rings (SSSR count). The van der Waals surface area contributed by atoms with E-state index in [-0.39, 0.29) is 11.3 Å². The fourth-order valence-electron chi connectivity index (χ4n) is 4.90. The summed E-state index contributed by atoms with van der Waals surface area (Å²) in [6.45, 7) is 7.97. The van der Waals surface area contributed by atoms with E-state index in [1.54, 1.807) is 11.9 Å². The van der Waals surface area contributed by atoms with Gasteiger partial charge in [-0.05, 0) is 31.9 Å². The number of carbonyl (C=O) groups excluding carboxylic acids is 1. The SMILES string of the molecule is CN=C(NCC(C)N1CCN(c2ccccc2)CC1)NCC1(C(=O)N(C)C)CCCC1. The highest BCUT2D eigenvalue weighted by Crippen LogP contribution is 2.38. The molecule has 0 spiro atoms. The average Bonchev–Trinajstić information content (AvgIpc) is 3.29. The number of para-hydroxylation sites is 1. The summed E-state index contributed by atoms with van der Waals surface area (Å²) in [5.41, 5.74) is 1.02. The Morgan fingerprint density at radius 2 is 1.74 bits per heavy atom. The molecule has 1 unspecified atom stereocenters. The molecular weight excluding hydrogens is 388 g/mol. The van der Waals surface area contributed by atoms with Crippen LogP contribution in [0.2, 0.25) is 0 Å². The van der Waals surface area contributed by atoms with Gasteiger partial charge >= 0.3 is 0 Å². The second-order valence-electron chi connectivity index (χ2n) is 9.20. The molecule has 172 valence electrons. The van der Waals surface area contributed by atoms with Crippen molar-refractivity contribution in [2.75, 3.05) is 65.3 Å². The Labute approximate surface area is 187 Å². The maximum Gasteiger partial charge on any atom is 0.230 e. The summed E-state index contributed by atoms with van der Waals surface area (Å²) in [6, 6.07) is 11.1. The van der Waals surface area contributed by atoms with Gasteiger partial charge in [-0.2, -0.15) is 0 Å². The van der Waals surface area contributed by atoms with Crippen molar-refractivity contribution in [1.29, 1.82) is 0 Å². The van der Waals surface area contributed by atoms with Crippen LogP contribution >= 0.6 is 0 Å². The summed E-state index contributed by atoms with van der Waals surface area (Å²) < 4.78 is 0. The van der Waals surface area contributed by atoms with Gasteiger partial charge < -0.3 is 20.4 Å². The first-order valence-electron chi connectivity index (χ1n) is 11.7. The summed E-state index contributed by atoms with van der Waals surface area (Å²) in [7, 11) is 5.51. The van der Waals surface area contributed by atoms with Gasteiger partial charge in [0.25, 0.3) is 0 Å². The predicted octanol–water partition coefficient (Wildman–Crippen LogP) is 2.01. The van der Waals surface area contributed by atoms with Gasteiger partial charge in [-0.3, -0.25) is 14.7 Å². The van der Waals surface area contributed by atoms with E-state index in [1.165, 1.54) is 5.69 Å². The van der Waals surface area contributed by atoms with Crippen molar-refractivity contribution in [3.63, 3.8) is 0 Å². The van der Waals surface area contributed by atoms with Crippen molar-refractivity contribution in [2.45, 2.75) is 38.6 Å². The third-order valence-electron chi connectivity index (χ3n) is 6.86. The van der Waals surface area contributed by atoms with E-state index < -0.39 is 0 Å². The summed E-state index contributed by atoms with van der Waals surface area (Å²) in [5, 5.41) is 6.92. The zero-order valence-corrected chi connectivity index (χ0v) is 19.7. The molecule has 1 aromatic rings. The minimum Gasteiger partial charge on any atom is -0.369 e. The number of piperazine rings is 1. The lowest BCUT2D eigenvalue weighted by Crippen LogP contribution is -2.54. The van der Waals surface area contributed by atoms with Crippen molar-refractivity contribution in [3.8, 4) is 0 Å². The molecule has 1 aliphatic carbocycles. The number of benzene rings is 1. The lowest BCUT2D eigenvalue weighted by Gasteiger charge is -2.39. The molecule has 1 amide bonds. The van der Waals surface area contributed by atoms with Gasteiger partial charge in [-0.15, -0.1) is 0 Å². The van der Waals surface area contributed by atoms with E-state index in [0.29, 0.717) is 12.6 Å². The largest absolute Gasteiger partial charge is 0.369 e. The smallest absolute Gasteiger partial charge is 0.230 e. The molecule has 0 aromatic heterocycles. The Morgan fingerprint density at radius 1 is 1.10 bits per heavy atom.